The molecule has 3 aromatic rings. The van der Waals surface area contributed by atoms with Crippen LogP contribution in [0.15, 0.2) is 64.2 Å². The van der Waals surface area contributed by atoms with Crippen molar-refractivity contribution < 1.29 is 18.7 Å². The van der Waals surface area contributed by atoms with Crippen molar-refractivity contribution in [2.24, 2.45) is 0 Å². The molecule has 2 N–H and O–H groups in total. The van der Waals surface area contributed by atoms with Gasteiger partial charge in [-0.3, -0.25) is 9.59 Å². The second-order valence-corrected chi connectivity index (χ2v) is 6.25. The first-order valence-electron chi connectivity index (χ1n) is 7.89. The lowest BCUT2D eigenvalue weighted by atomic mass is 10.3. The second-order valence-electron chi connectivity index (χ2n) is 5.25. The average Bonchev–Trinajstić information content (AvgIpc) is 3.23. The van der Waals surface area contributed by atoms with E-state index >= 15 is 0 Å². The topological polar surface area (TPSA) is 106 Å². The molecule has 0 atom stereocenters. The SMILES string of the molecule is COc1ccc(NC(=O)CSc2ccc(NC(=O)c3ccco3)nn2)cc1. The molecule has 1 aromatic carbocycles. The Morgan fingerprint density at radius 1 is 1.07 bits per heavy atom. The number of amides is 2. The normalized spacial score (nSPS) is 10.3. The molecule has 8 nitrogen and oxygen atoms in total. The summed E-state index contributed by atoms with van der Waals surface area (Å²) in [6.07, 6.45) is 1.41. The minimum Gasteiger partial charge on any atom is -0.497 e. The number of methoxy groups -OCH3 is 1. The second kappa shape index (κ2) is 8.86. The molecule has 0 saturated carbocycles. The van der Waals surface area contributed by atoms with Crippen LogP contribution in [0.1, 0.15) is 10.6 Å². The van der Waals surface area contributed by atoms with Crippen LogP contribution in [-0.2, 0) is 4.79 Å². The van der Waals surface area contributed by atoms with Gasteiger partial charge in [0, 0.05) is 5.69 Å². The van der Waals surface area contributed by atoms with E-state index in [1.807, 2.05) is 0 Å². The van der Waals surface area contributed by atoms with Crippen molar-refractivity contribution in [3.8, 4) is 5.75 Å². The predicted molar refractivity (Wildman–Crippen MR) is 101 cm³/mol. The number of thioether (sulfide) groups is 1. The van der Waals surface area contributed by atoms with Crippen molar-refractivity contribution in [2.75, 3.05) is 23.5 Å². The molecule has 2 heterocycles. The van der Waals surface area contributed by atoms with Crippen LogP contribution in [0, 0.1) is 0 Å². The smallest absolute Gasteiger partial charge is 0.292 e. The zero-order chi connectivity index (χ0) is 19.1. The van der Waals surface area contributed by atoms with E-state index in [-0.39, 0.29) is 17.4 Å². The highest BCUT2D eigenvalue weighted by Gasteiger charge is 2.10. The van der Waals surface area contributed by atoms with E-state index in [0.717, 1.165) is 5.75 Å². The molecule has 0 aliphatic carbocycles. The van der Waals surface area contributed by atoms with Crippen molar-refractivity contribution >= 4 is 35.1 Å². The Hall–Kier alpha value is -3.33. The van der Waals surface area contributed by atoms with E-state index in [0.29, 0.717) is 16.5 Å². The van der Waals surface area contributed by atoms with Gasteiger partial charge in [-0.25, -0.2) is 0 Å². The monoisotopic (exact) mass is 384 g/mol. The number of carbonyl (C=O) groups excluding carboxylic acids is 2. The fourth-order valence-electron chi connectivity index (χ4n) is 2.06. The molecule has 2 amide bonds. The third-order valence-electron chi connectivity index (χ3n) is 3.35. The maximum Gasteiger partial charge on any atom is 0.292 e. The molecular formula is C18H16N4O4S. The first-order chi connectivity index (χ1) is 13.1. The molecule has 3 rings (SSSR count). The largest absolute Gasteiger partial charge is 0.497 e. The number of anilines is 2. The minimum absolute atomic E-state index is 0.165. The summed E-state index contributed by atoms with van der Waals surface area (Å²) in [4.78, 5) is 23.9. The van der Waals surface area contributed by atoms with Gasteiger partial charge in [0.15, 0.2) is 11.6 Å². The molecule has 0 aliphatic heterocycles. The van der Waals surface area contributed by atoms with Crippen LogP contribution < -0.4 is 15.4 Å². The van der Waals surface area contributed by atoms with E-state index in [2.05, 4.69) is 20.8 Å². The average molecular weight is 384 g/mol. The van der Waals surface area contributed by atoms with Gasteiger partial charge in [0.25, 0.3) is 5.91 Å². The standard InChI is InChI=1S/C18H16N4O4S/c1-25-13-6-4-12(5-7-13)19-16(23)11-27-17-9-8-15(21-22-17)20-18(24)14-3-2-10-26-14/h2-10H,11H2,1H3,(H,19,23)(H,20,21,24). The van der Waals surface area contributed by atoms with Crippen molar-refractivity contribution in [1.29, 1.82) is 0 Å². The number of hydrogen-bond donors (Lipinski definition) is 2. The van der Waals surface area contributed by atoms with Gasteiger partial charge in [0.1, 0.15) is 10.8 Å². The van der Waals surface area contributed by atoms with Gasteiger partial charge in [0.05, 0.1) is 19.1 Å². The maximum absolute atomic E-state index is 12.0. The van der Waals surface area contributed by atoms with Crippen molar-refractivity contribution in [2.45, 2.75) is 5.03 Å². The van der Waals surface area contributed by atoms with Crippen LogP contribution in [0.25, 0.3) is 0 Å². The molecule has 0 saturated heterocycles. The molecule has 138 valence electrons. The van der Waals surface area contributed by atoms with E-state index in [1.54, 1.807) is 55.6 Å². The van der Waals surface area contributed by atoms with Crippen LogP contribution in [0.4, 0.5) is 11.5 Å². The van der Waals surface area contributed by atoms with Gasteiger partial charge in [-0.15, -0.1) is 10.2 Å². The van der Waals surface area contributed by atoms with Crippen molar-refractivity contribution in [3.05, 3.63) is 60.6 Å². The molecule has 0 bridgehead atoms. The number of benzene rings is 1. The summed E-state index contributed by atoms with van der Waals surface area (Å²) in [5.41, 5.74) is 0.684. The lowest BCUT2D eigenvalue weighted by Crippen LogP contribution is -2.14. The number of furan rings is 1. The fourth-order valence-corrected chi connectivity index (χ4v) is 2.67. The Morgan fingerprint density at radius 3 is 2.52 bits per heavy atom. The van der Waals surface area contributed by atoms with E-state index in [1.165, 1.54) is 18.0 Å². The summed E-state index contributed by atoms with van der Waals surface area (Å²) < 4.78 is 10.1. The lowest BCUT2D eigenvalue weighted by molar-refractivity contribution is -0.113. The van der Waals surface area contributed by atoms with E-state index in [9.17, 15) is 9.59 Å². The Bertz CT molecular complexity index is 896. The van der Waals surface area contributed by atoms with E-state index < -0.39 is 5.91 Å². The number of nitrogens with zero attached hydrogens (tertiary/aromatic N) is 2. The molecule has 27 heavy (non-hydrogen) atoms. The number of carbonyl (C=O) groups is 2. The Balaban J connectivity index is 1.47. The third kappa shape index (κ3) is 5.32. The highest BCUT2D eigenvalue weighted by molar-refractivity contribution is 7.99. The zero-order valence-corrected chi connectivity index (χ0v) is 15.2. The number of aromatic nitrogens is 2. The Labute approximate surface area is 159 Å². The van der Waals surface area contributed by atoms with E-state index in [4.69, 9.17) is 9.15 Å². The van der Waals surface area contributed by atoms with Crippen molar-refractivity contribution in [1.82, 2.24) is 10.2 Å². The van der Waals surface area contributed by atoms with Gasteiger partial charge in [-0.2, -0.15) is 0 Å². The van der Waals surface area contributed by atoms with Crippen LogP contribution >= 0.6 is 11.8 Å². The van der Waals surface area contributed by atoms with Gasteiger partial charge >= 0.3 is 0 Å². The first kappa shape index (κ1) is 18.5. The minimum atomic E-state index is -0.409. The highest BCUT2D eigenvalue weighted by atomic mass is 32.2. The maximum atomic E-state index is 12.0. The summed E-state index contributed by atoms with van der Waals surface area (Å²) >= 11 is 1.24. The summed E-state index contributed by atoms with van der Waals surface area (Å²) in [6, 6.07) is 13.5. The molecule has 0 unspecified atom stereocenters. The number of rotatable bonds is 7. The summed E-state index contributed by atoms with van der Waals surface area (Å²) in [5.74, 6) is 0.806. The Kier molecular flexibility index (Phi) is 6.06. The molecule has 0 aliphatic rings. The molecule has 9 heteroatoms. The molecule has 2 aromatic heterocycles. The number of ether oxygens (including phenoxy) is 1. The van der Waals surface area contributed by atoms with Gasteiger partial charge < -0.3 is 19.8 Å². The van der Waals surface area contributed by atoms with Gasteiger partial charge in [-0.1, -0.05) is 11.8 Å². The van der Waals surface area contributed by atoms with Crippen LogP contribution in [0.2, 0.25) is 0 Å². The zero-order valence-electron chi connectivity index (χ0n) is 14.3. The molecule has 0 radical (unpaired) electrons. The molecule has 0 fully saturated rings. The third-order valence-corrected chi connectivity index (χ3v) is 4.27. The van der Waals surface area contributed by atoms with Crippen LogP contribution in [0.5, 0.6) is 5.75 Å². The Morgan fingerprint density at radius 2 is 1.89 bits per heavy atom. The predicted octanol–water partition coefficient (Wildman–Crippen LogP) is 3.06. The summed E-state index contributed by atoms with van der Waals surface area (Å²) in [5, 5.41) is 13.8. The van der Waals surface area contributed by atoms with Gasteiger partial charge in [0.2, 0.25) is 5.91 Å². The summed E-state index contributed by atoms with van der Waals surface area (Å²) in [7, 11) is 1.58. The molecule has 0 spiro atoms. The van der Waals surface area contributed by atoms with Crippen molar-refractivity contribution in [3.63, 3.8) is 0 Å². The highest BCUT2D eigenvalue weighted by Crippen LogP contribution is 2.18. The fraction of sp³-hybridized carbons (Fsp3) is 0.111. The molecular weight excluding hydrogens is 368 g/mol. The number of hydrogen-bond acceptors (Lipinski definition) is 7. The van der Waals surface area contributed by atoms with Gasteiger partial charge in [-0.05, 0) is 48.5 Å². The first-order valence-corrected chi connectivity index (χ1v) is 8.88. The summed E-state index contributed by atoms with van der Waals surface area (Å²) in [6.45, 7) is 0. The quantitative estimate of drug-likeness (QED) is 0.603. The number of nitrogens with one attached hydrogen (secondary N) is 2. The van der Waals surface area contributed by atoms with Crippen LogP contribution in [-0.4, -0.2) is 34.9 Å². The van der Waals surface area contributed by atoms with Crippen LogP contribution in [0.3, 0.4) is 0 Å². The lowest BCUT2D eigenvalue weighted by Gasteiger charge is -2.06.